The molecule has 0 atom stereocenters. The molecule has 0 radical (unpaired) electrons. The second-order valence-electron chi connectivity index (χ2n) is 3.71. The van der Waals surface area contributed by atoms with Crippen molar-refractivity contribution in [2.45, 2.75) is 47.5 Å². The molecule has 0 heterocycles. The SMILES string of the molecule is CC(=O)O.CC(=O)O.CC(=O)O.CC(=O)O.CCOC(=O)CCCO. The molecular formula is C14H28O11. The molecule has 25 heavy (non-hydrogen) atoms. The molecule has 0 bridgehead atoms. The summed E-state index contributed by atoms with van der Waals surface area (Å²) in [4.78, 5) is 46.5. The molecule has 0 unspecified atom stereocenters. The van der Waals surface area contributed by atoms with Crippen LogP contribution in [0, 0.1) is 0 Å². The van der Waals surface area contributed by atoms with E-state index in [9.17, 15) is 4.79 Å². The Labute approximate surface area is 145 Å². The van der Waals surface area contributed by atoms with Gasteiger partial charge in [-0.3, -0.25) is 24.0 Å². The molecule has 11 nitrogen and oxygen atoms in total. The van der Waals surface area contributed by atoms with Gasteiger partial charge in [0, 0.05) is 40.7 Å². The van der Waals surface area contributed by atoms with Gasteiger partial charge in [-0.05, 0) is 13.3 Å². The van der Waals surface area contributed by atoms with Gasteiger partial charge in [-0.2, -0.15) is 0 Å². The maximum Gasteiger partial charge on any atom is 0.305 e. The number of ether oxygens (including phenoxy) is 1. The fourth-order valence-corrected chi connectivity index (χ4v) is 0.457. The summed E-state index contributed by atoms with van der Waals surface area (Å²) in [5.41, 5.74) is 0. The van der Waals surface area contributed by atoms with Crippen LogP contribution < -0.4 is 0 Å². The number of aliphatic hydroxyl groups is 1. The number of hydrogen-bond donors (Lipinski definition) is 5. The first-order valence-electron chi connectivity index (χ1n) is 6.78. The molecule has 0 rings (SSSR count). The highest BCUT2D eigenvalue weighted by Gasteiger charge is 1.97. The maximum absolute atomic E-state index is 10.5. The van der Waals surface area contributed by atoms with Crippen LogP contribution in [0.25, 0.3) is 0 Å². The molecule has 0 saturated carbocycles. The van der Waals surface area contributed by atoms with Crippen LogP contribution in [0.5, 0.6) is 0 Å². The second kappa shape index (κ2) is 29.3. The molecule has 150 valence electrons. The first-order valence-corrected chi connectivity index (χ1v) is 6.78. The van der Waals surface area contributed by atoms with Crippen LogP contribution >= 0.6 is 0 Å². The van der Waals surface area contributed by atoms with Crippen LogP contribution in [0.4, 0.5) is 0 Å². The number of rotatable bonds is 4. The number of hydrogen-bond acceptors (Lipinski definition) is 7. The molecule has 0 aromatic heterocycles. The van der Waals surface area contributed by atoms with Crippen molar-refractivity contribution in [3.63, 3.8) is 0 Å². The van der Waals surface area contributed by atoms with E-state index in [0.717, 1.165) is 27.7 Å². The number of aliphatic carboxylic acids is 4. The van der Waals surface area contributed by atoms with Crippen molar-refractivity contribution in [1.82, 2.24) is 0 Å². The van der Waals surface area contributed by atoms with E-state index in [0.29, 0.717) is 19.4 Å². The Bertz CT molecular complexity index is 300. The molecule has 0 fully saturated rings. The summed E-state index contributed by atoms with van der Waals surface area (Å²) in [5, 5.41) is 37.9. The van der Waals surface area contributed by atoms with Crippen molar-refractivity contribution >= 4 is 29.8 Å². The Morgan fingerprint density at radius 3 is 1.12 bits per heavy atom. The second-order valence-corrected chi connectivity index (χ2v) is 3.71. The van der Waals surface area contributed by atoms with Gasteiger partial charge in [0.2, 0.25) is 0 Å². The van der Waals surface area contributed by atoms with Crippen LogP contribution in [0.2, 0.25) is 0 Å². The topological polar surface area (TPSA) is 196 Å². The van der Waals surface area contributed by atoms with E-state index < -0.39 is 23.9 Å². The molecule has 0 saturated heterocycles. The molecule has 5 N–H and O–H groups in total. The standard InChI is InChI=1S/C6H12O3.4C2H4O2/c1-2-9-6(8)4-3-5-7;4*1-2(3)4/h7H,2-5H2,1H3;4*1H3,(H,3,4). The maximum atomic E-state index is 10.5. The van der Waals surface area contributed by atoms with Gasteiger partial charge in [0.25, 0.3) is 23.9 Å². The van der Waals surface area contributed by atoms with Gasteiger partial charge in [-0.15, -0.1) is 0 Å². The summed E-state index contributed by atoms with van der Waals surface area (Å²) < 4.78 is 4.59. The third kappa shape index (κ3) is 428. The average molecular weight is 372 g/mol. The van der Waals surface area contributed by atoms with Gasteiger partial charge < -0.3 is 30.3 Å². The van der Waals surface area contributed by atoms with E-state index in [1.54, 1.807) is 6.92 Å². The molecule has 0 aromatic rings. The van der Waals surface area contributed by atoms with Crippen molar-refractivity contribution in [3.05, 3.63) is 0 Å². The normalized spacial score (nSPS) is 7.28. The van der Waals surface area contributed by atoms with Gasteiger partial charge in [0.05, 0.1) is 6.61 Å². The van der Waals surface area contributed by atoms with Gasteiger partial charge in [-0.1, -0.05) is 0 Å². The minimum Gasteiger partial charge on any atom is -0.481 e. The Balaban J connectivity index is -0.0000000714. The highest BCUT2D eigenvalue weighted by Crippen LogP contribution is 1.90. The molecule has 0 aliphatic heterocycles. The lowest BCUT2D eigenvalue weighted by Crippen LogP contribution is -2.03. The monoisotopic (exact) mass is 372 g/mol. The van der Waals surface area contributed by atoms with Crippen molar-refractivity contribution in [3.8, 4) is 0 Å². The quantitative estimate of drug-likeness (QED) is 0.435. The van der Waals surface area contributed by atoms with E-state index in [2.05, 4.69) is 4.74 Å². The Hall–Kier alpha value is -2.69. The van der Waals surface area contributed by atoms with Crippen LogP contribution in [0.1, 0.15) is 47.5 Å². The molecule has 0 aliphatic carbocycles. The van der Waals surface area contributed by atoms with Crippen molar-refractivity contribution in [2.75, 3.05) is 13.2 Å². The van der Waals surface area contributed by atoms with Gasteiger partial charge in [0.15, 0.2) is 0 Å². The number of esters is 1. The number of carbonyl (C=O) groups excluding carboxylic acids is 1. The van der Waals surface area contributed by atoms with Crippen molar-refractivity contribution in [1.29, 1.82) is 0 Å². The van der Waals surface area contributed by atoms with Crippen molar-refractivity contribution in [2.24, 2.45) is 0 Å². The van der Waals surface area contributed by atoms with E-state index >= 15 is 0 Å². The first kappa shape index (κ1) is 33.8. The summed E-state index contributed by atoms with van der Waals surface area (Å²) in [7, 11) is 0. The molecule has 0 spiro atoms. The predicted molar refractivity (Wildman–Crippen MR) is 86.2 cm³/mol. The third-order valence-corrected chi connectivity index (χ3v) is 0.844. The number of carboxylic acids is 4. The van der Waals surface area contributed by atoms with Crippen LogP contribution in [0.3, 0.4) is 0 Å². The number of carbonyl (C=O) groups is 5. The Kier molecular flexibility index (Phi) is 39.7. The van der Waals surface area contributed by atoms with E-state index in [-0.39, 0.29) is 12.6 Å². The summed E-state index contributed by atoms with van der Waals surface area (Å²) >= 11 is 0. The highest BCUT2D eigenvalue weighted by atomic mass is 16.5. The first-order chi connectivity index (χ1) is 11.2. The molecule has 0 aliphatic rings. The number of aliphatic hydroxyl groups excluding tert-OH is 1. The highest BCUT2D eigenvalue weighted by molar-refractivity contribution is 5.69. The minimum atomic E-state index is -0.833. The zero-order valence-corrected chi connectivity index (χ0v) is 15.0. The smallest absolute Gasteiger partial charge is 0.305 e. The zero-order chi connectivity index (χ0) is 21.4. The fourth-order valence-electron chi connectivity index (χ4n) is 0.457. The molecule has 11 heteroatoms. The third-order valence-electron chi connectivity index (χ3n) is 0.844. The lowest BCUT2D eigenvalue weighted by molar-refractivity contribution is -0.143. The predicted octanol–water partition coefficient (Wildman–Crippen LogP) is 0.686. The van der Waals surface area contributed by atoms with E-state index in [1.165, 1.54) is 0 Å². The minimum absolute atomic E-state index is 0.0544. The summed E-state index contributed by atoms with van der Waals surface area (Å²) in [5.74, 6) is -3.56. The van der Waals surface area contributed by atoms with Crippen LogP contribution in [0.15, 0.2) is 0 Å². The fraction of sp³-hybridized carbons (Fsp3) is 0.643. The number of carboxylic acid groups (broad SMARTS) is 4. The average Bonchev–Trinajstić information content (AvgIpc) is 2.34. The van der Waals surface area contributed by atoms with Gasteiger partial charge >= 0.3 is 5.97 Å². The lowest BCUT2D eigenvalue weighted by Gasteiger charge is -1.97. The van der Waals surface area contributed by atoms with E-state index in [1.807, 2.05) is 0 Å². The molecular weight excluding hydrogens is 344 g/mol. The van der Waals surface area contributed by atoms with Gasteiger partial charge in [0.1, 0.15) is 0 Å². The summed E-state index contributed by atoms with van der Waals surface area (Å²) in [6.45, 7) is 6.57. The summed E-state index contributed by atoms with van der Waals surface area (Å²) in [6, 6.07) is 0. The molecule has 0 aromatic carbocycles. The molecule has 0 amide bonds. The van der Waals surface area contributed by atoms with Crippen LogP contribution in [-0.4, -0.2) is 68.6 Å². The lowest BCUT2D eigenvalue weighted by atomic mass is 10.3. The largest absolute Gasteiger partial charge is 0.481 e. The van der Waals surface area contributed by atoms with Gasteiger partial charge in [-0.25, -0.2) is 0 Å². The van der Waals surface area contributed by atoms with E-state index in [4.69, 9.17) is 44.7 Å². The van der Waals surface area contributed by atoms with Crippen LogP contribution in [-0.2, 0) is 28.7 Å². The Morgan fingerprint density at radius 2 is 0.960 bits per heavy atom. The van der Waals surface area contributed by atoms with Crippen molar-refractivity contribution < 1.29 is 54.2 Å². The Morgan fingerprint density at radius 1 is 0.720 bits per heavy atom. The zero-order valence-electron chi connectivity index (χ0n) is 15.0. The summed E-state index contributed by atoms with van der Waals surface area (Å²) in [6.07, 6.45) is 0.823.